The van der Waals surface area contributed by atoms with Crippen molar-refractivity contribution < 1.29 is 4.79 Å². The Morgan fingerprint density at radius 1 is 0.800 bits per heavy atom. The summed E-state index contributed by atoms with van der Waals surface area (Å²) in [5.74, 6) is 0.950. The van der Waals surface area contributed by atoms with E-state index < -0.39 is 0 Å². The van der Waals surface area contributed by atoms with E-state index in [0.717, 1.165) is 25.1 Å². The van der Waals surface area contributed by atoms with Gasteiger partial charge in [0.15, 0.2) is 0 Å². The number of piperidine rings is 1. The van der Waals surface area contributed by atoms with E-state index >= 15 is 0 Å². The Balaban J connectivity index is 1.39. The lowest BCUT2D eigenvalue weighted by atomic mass is 9.84. The van der Waals surface area contributed by atoms with E-state index in [4.69, 9.17) is 0 Å². The van der Waals surface area contributed by atoms with E-state index in [1.54, 1.807) is 0 Å². The van der Waals surface area contributed by atoms with Crippen LogP contribution in [0.5, 0.6) is 0 Å². The maximum atomic E-state index is 13.0. The number of likely N-dealkylation sites (tertiary alicyclic amines) is 2. The highest BCUT2D eigenvalue weighted by atomic mass is 16.2. The second-order valence-electron chi connectivity index (χ2n) is 8.25. The van der Waals surface area contributed by atoms with Gasteiger partial charge in [0, 0.05) is 24.7 Å². The Morgan fingerprint density at radius 3 is 2.24 bits per heavy atom. The molecule has 2 saturated heterocycles. The molecule has 4 rings (SSSR count). The van der Waals surface area contributed by atoms with Crippen LogP contribution in [0.1, 0.15) is 79.6 Å². The van der Waals surface area contributed by atoms with Crippen LogP contribution in [0.2, 0.25) is 0 Å². The molecule has 0 spiro atoms. The van der Waals surface area contributed by atoms with E-state index in [2.05, 4.69) is 34.1 Å². The minimum atomic E-state index is 0.235. The minimum absolute atomic E-state index is 0.235. The van der Waals surface area contributed by atoms with Crippen molar-refractivity contribution in [2.45, 2.75) is 69.7 Å². The molecule has 0 radical (unpaired) electrons. The van der Waals surface area contributed by atoms with Crippen molar-refractivity contribution in [2.24, 2.45) is 0 Å². The first-order valence-corrected chi connectivity index (χ1v) is 10.4. The van der Waals surface area contributed by atoms with Crippen molar-refractivity contribution in [3.8, 4) is 0 Å². The third-order valence-electron chi connectivity index (χ3n) is 6.57. The Kier molecular flexibility index (Phi) is 5.40. The molecule has 1 aromatic carbocycles. The van der Waals surface area contributed by atoms with E-state index in [9.17, 15) is 4.79 Å². The van der Waals surface area contributed by atoms with E-state index in [0.29, 0.717) is 12.0 Å². The van der Waals surface area contributed by atoms with Gasteiger partial charge < -0.3 is 4.90 Å². The standard InChI is InChI=1S/C22H32N2O/c25-22(24-16-6-9-21(17-24)23-14-4-5-15-23)20-12-10-19(11-13-20)18-7-2-1-3-8-18/h10-13,18,21H,1-9,14-17H2. The van der Waals surface area contributed by atoms with E-state index in [-0.39, 0.29) is 5.91 Å². The Labute approximate surface area is 152 Å². The molecule has 0 bridgehead atoms. The fourth-order valence-electron chi connectivity index (χ4n) is 5.06. The first-order chi connectivity index (χ1) is 12.3. The summed E-state index contributed by atoms with van der Waals surface area (Å²) in [6, 6.07) is 9.16. The smallest absolute Gasteiger partial charge is 0.253 e. The SMILES string of the molecule is O=C(c1ccc(C2CCCCC2)cc1)N1CCCC(N2CCCC2)C1. The monoisotopic (exact) mass is 340 g/mol. The second-order valence-corrected chi connectivity index (χ2v) is 8.25. The summed E-state index contributed by atoms with van der Waals surface area (Å²) in [7, 11) is 0. The molecule has 1 aliphatic carbocycles. The van der Waals surface area contributed by atoms with Crippen molar-refractivity contribution in [2.75, 3.05) is 26.2 Å². The van der Waals surface area contributed by atoms with Gasteiger partial charge in [0.25, 0.3) is 5.91 Å². The molecule has 1 unspecified atom stereocenters. The maximum Gasteiger partial charge on any atom is 0.253 e. The van der Waals surface area contributed by atoms with Crippen molar-refractivity contribution in [3.05, 3.63) is 35.4 Å². The van der Waals surface area contributed by atoms with Crippen LogP contribution in [0, 0.1) is 0 Å². The van der Waals surface area contributed by atoms with Crippen LogP contribution in [0.15, 0.2) is 24.3 Å². The number of hydrogen-bond donors (Lipinski definition) is 0. The number of carbonyl (C=O) groups excluding carboxylic acids is 1. The molecular weight excluding hydrogens is 308 g/mol. The molecule has 1 saturated carbocycles. The summed E-state index contributed by atoms with van der Waals surface area (Å²) in [4.78, 5) is 17.7. The van der Waals surface area contributed by atoms with Crippen LogP contribution < -0.4 is 0 Å². The molecule has 1 amide bonds. The fourth-order valence-corrected chi connectivity index (χ4v) is 5.06. The molecule has 2 heterocycles. The topological polar surface area (TPSA) is 23.6 Å². The van der Waals surface area contributed by atoms with Gasteiger partial charge in [-0.2, -0.15) is 0 Å². The van der Waals surface area contributed by atoms with Gasteiger partial charge in [0.2, 0.25) is 0 Å². The lowest BCUT2D eigenvalue weighted by Crippen LogP contribution is -2.48. The predicted molar refractivity (Wildman–Crippen MR) is 102 cm³/mol. The maximum absolute atomic E-state index is 13.0. The number of amides is 1. The molecule has 3 aliphatic rings. The largest absolute Gasteiger partial charge is 0.337 e. The van der Waals surface area contributed by atoms with Crippen molar-refractivity contribution in [3.63, 3.8) is 0 Å². The van der Waals surface area contributed by atoms with Crippen LogP contribution in [0.3, 0.4) is 0 Å². The van der Waals surface area contributed by atoms with Gasteiger partial charge in [0.05, 0.1) is 0 Å². The molecule has 3 heteroatoms. The zero-order valence-corrected chi connectivity index (χ0v) is 15.5. The molecule has 1 aromatic rings. The Morgan fingerprint density at radius 2 is 1.52 bits per heavy atom. The van der Waals surface area contributed by atoms with Gasteiger partial charge in [0.1, 0.15) is 0 Å². The van der Waals surface area contributed by atoms with Crippen LogP contribution in [-0.2, 0) is 0 Å². The fraction of sp³-hybridized carbons (Fsp3) is 0.682. The predicted octanol–water partition coefficient (Wildman–Crippen LogP) is 4.43. The zero-order valence-electron chi connectivity index (χ0n) is 15.5. The van der Waals surface area contributed by atoms with E-state index in [1.807, 2.05) is 0 Å². The van der Waals surface area contributed by atoms with Crippen LogP contribution in [0.25, 0.3) is 0 Å². The number of hydrogen-bond acceptors (Lipinski definition) is 2. The Bertz CT molecular complexity index is 570. The summed E-state index contributed by atoms with van der Waals surface area (Å²) in [5, 5.41) is 0. The van der Waals surface area contributed by atoms with Gasteiger partial charge in [-0.15, -0.1) is 0 Å². The average Bonchev–Trinajstić information content (AvgIpc) is 3.23. The third kappa shape index (κ3) is 3.92. The molecule has 25 heavy (non-hydrogen) atoms. The molecular formula is C22H32N2O. The first-order valence-electron chi connectivity index (χ1n) is 10.4. The molecule has 3 nitrogen and oxygen atoms in total. The second kappa shape index (κ2) is 7.90. The van der Waals surface area contributed by atoms with Crippen molar-refractivity contribution in [1.82, 2.24) is 9.80 Å². The van der Waals surface area contributed by atoms with Gasteiger partial charge in [-0.3, -0.25) is 9.69 Å². The highest BCUT2D eigenvalue weighted by Gasteiger charge is 2.29. The molecule has 1 atom stereocenters. The number of rotatable bonds is 3. The lowest BCUT2D eigenvalue weighted by molar-refractivity contribution is 0.0608. The molecule has 2 aliphatic heterocycles. The lowest BCUT2D eigenvalue weighted by Gasteiger charge is -2.37. The van der Waals surface area contributed by atoms with Crippen molar-refractivity contribution >= 4 is 5.91 Å². The van der Waals surface area contributed by atoms with E-state index in [1.165, 1.54) is 70.0 Å². The summed E-state index contributed by atoms with van der Waals surface area (Å²) >= 11 is 0. The first kappa shape index (κ1) is 17.1. The number of nitrogens with zero attached hydrogens (tertiary/aromatic N) is 2. The van der Waals surface area contributed by atoms with Crippen LogP contribution >= 0.6 is 0 Å². The van der Waals surface area contributed by atoms with Gasteiger partial charge >= 0.3 is 0 Å². The quantitative estimate of drug-likeness (QED) is 0.812. The molecule has 3 fully saturated rings. The minimum Gasteiger partial charge on any atom is -0.337 e. The summed E-state index contributed by atoms with van der Waals surface area (Å²) in [5.41, 5.74) is 2.31. The molecule has 0 N–H and O–H groups in total. The Hall–Kier alpha value is -1.35. The third-order valence-corrected chi connectivity index (χ3v) is 6.57. The molecule has 136 valence electrons. The van der Waals surface area contributed by atoms with Gasteiger partial charge in [-0.1, -0.05) is 31.4 Å². The van der Waals surface area contributed by atoms with Gasteiger partial charge in [-0.05, 0) is 75.2 Å². The summed E-state index contributed by atoms with van der Waals surface area (Å²) < 4.78 is 0. The normalized spacial score (nSPS) is 26.1. The van der Waals surface area contributed by atoms with Crippen LogP contribution in [-0.4, -0.2) is 47.9 Å². The zero-order chi connectivity index (χ0) is 17.1. The average molecular weight is 341 g/mol. The van der Waals surface area contributed by atoms with Crippen molar-refractivity contribution in [1.29, 1.82) is 0 Å². The summed E-state index contributed by atoms with van der Waals surface area (Å²) in [6.07, 6.45) is 11.8. The highest BCUT2D eigenvalue weighted by Crippen LogP contribution is 2.32. The molecule has 0 aromatic heterocycles. The number of carbonyl (C=O) groups is 1. The number of benzene rings is 1. The van der Waals surface area contributed by atoms with Crippen LogP contribution in [0.4, 0.5) is 0 Å². The summed E-state index contributed by atoms with van der Waals surface area (Å²) in [6.45, 7) is 4.29. The van der Waals surface area contributed by atoms with Gasteiger partial charge in [-0.25, -0.2) is 0 Å². The highest BCUT2D eigenvalue weighted by molar-refractivity contribution is 5.94.